The molecule has 1 heterocycles. The normalized spacial score (nSPS) is 12.0. The average molecular weight is 414 g/mol. The molecular weight excluding hydrogens is 389 g/mol. The first-order valence-electron chi connectivity index (χ1n) is 9.23. The summed E-state index contributed by atoms with van der Waals surface area (Å²) in [4.78, 5) is 19.0. The summed E-state index contributed by atoms with van der Waals surface area (Å²) >= 11 is 1.40. The molecule has 1 amide bonds. The quantitative estimate of drug-likeness (QED) is 0.608. The SMILES string of the molecule is COc1cccc(C(CNC(=O)Cc2csc(-c3cccc(F)c3)n2)N(C)C)c1. The van der Waals surface area contributed by atoms with Gasteiger partial charge in [-0.3, -0.25) is 4.79 Å². The van der Waals surface area contributed by atoms with Crippen molar-refractivity contribution in [2.45, 2.75) is 12.5 Å². The van der Waals surface area contributed by atoms with E-state index in [1.54, 1.807) is 13.2 Å². The topological polar surface area (TPSA) is 54.5 Å². The smallest absolute Gasteiger partial charge is 0.226 e. The number of thiazole rings is 1. The van der Waals surface area contributed by atoms with Crippen LogP contribution in [0.15, 0.2) is 53.9 Å². The Morgan fingerprint density at radius 1 is 1.24 bits per heavy atom. The molecule has 0 radical (unpaired) electrons. The van der Waals surface area contributed by atoms with Gasteiger partial charge in [0.2, 0.25) is 5.91 Å². The number of amides is 1. The number of hydrogen-bond acceptors (Lipinski definition) is 5. The van der Waals surface area contributed by atoms with E-state index in [2.05, 4.69) is 15.2 Å². The van der Waals surface area contributed by atoms with Crippen molar-refractivity contribution >= 4 is 17.2 Å². The molecule has 1 N–H and O–H groups in total. The Morgan fingerprint density at radius 3 is 2.76 bits per heavy atom. The molecule has 0 aliphatic carbocycles. The third-order valence-electron chi connectivity index (χ3n) is 4.56. The molecule has 152 valence electrons. The second kappa shape index (κ2) is 9.62. The van der Waals surface area contributed by atoms with Crippen molar-refractivity contribution in [3.05, 3.63) is 71.0 Å². The molecule has 3 rings (SSSR count). The van der Waals surface area contributed by atoms with Crippen LogP contribution >= 0.6 is 11.3 Å². The molecule has 0 bridgehead atoms. The van der Waals surface area contributed by atoms with Gasteiger partial charge < -0.3 is 15.0 Å². The minimum absolute atomic E-state index is 0.0207. The molecule has 5 nitrogen and oxygen atoms in total. The maximum Gasteiger partial charge on any atom is 0.226 e. The van der Waals surface area contributed by atoms with Crippen molar-refractivity contribution in [2.24, 2.45) is 0 Å². The maximum atomic E-state index is 13.4. The average Bonchev–Trinajstić information content (AvgIpc) is 3.16. The fraction of sp³-hybridized carbons (Fsp3) is 0.273. The maximum absolute atomic E-state index is 13.4. The Balaban J connectivity index is 1.61. The summed E-state index contributed by atoms with van der Waals surface area (Å²) in [5, 5.41) is 5.53. The first kappa shape index (κ1) is 21.0. The molecule has 1 unspecified atom stereocenters. The standard InChI is InChI=1S/C22H24FN3O2S/c1-26(2)20(15-6-5-9-19(11-15)28-3)13-24-21(27)12-18-14-29-22(25-18)16-7-4-8-17(23)10-16/h4-11,14,20H,12-13H2,1-3H3,(H,24,27). The van der Waals surface area contributed by atoms with Gasteiger partial charge in [0.15, 0.2) is 0 Å². The van der Waals surface area contributed by atoms with Gasteiger partial charge in [-0.25, -0.2) is 9.37 Å². The first-order valence-corrected chi connectivity index (χ1v) is 10.1. The van der Waals surface area contributed by atoms with Gasteiger partial charge in [-0.1, -0.05) is 24.3 Å². The van der Waals surface area contributed by atoms with E-state index in [9.17, 15) is 9.18 Å². The highest BCUT2D eigenvalue weighted by atomic mass is 32.1. The minimum Gasteiger partial charge on any atom is -0.497 e. The van der Waals surface area contributed by atoms with E-state index in [0.29, 0.717) is 22.8 Å². The number of carbonyl (C=O) groups is 1. The van der Waals surface area contributed by atoms with Crippen LogP contribution in [0.3, 0.4) is 0 Å². The molecule has 1 aromatic heterocycles. The molecule has 1 atom stereocenters. The Bertz CT molecular complexity index is 974. The van der Waals surface area contributed by atoms with Gasteiger partial charge in [0.25, 0.3) is 0 Å². The summed E-state index contributed by atoms with van der Waals surface area (Å²) in [6.07, 6.45) is 0.185. The molecule has 0 aliphatic heterocycles. The Morgan fingerprint density at radius 2 is 2.03 bits per heavy atom. The Hall–Kier alpha value is -2.77. The van der Waals surface area contributed by atoms with Crippen LogP contribution in [0.5, 0.6) is 5.75 Å². The highest BCUT2D eigenvalue weighted by molar-refractivity contribution is 7.13. The number of nitrogens with one attached hydrogen (secondary N) is 1. The fourth-order valence-corrected chi connectivity index (χ4v) is 3.84. The van der Waals surface area contributed by atoms with Crippen molar-refractivity contribution < 1.29 is 13.9 Å². The summed E-state index contributed by atoms with van der Waals surface area (Å²) in [6.45, 7) is 0.472. The monoisotopic (exact) mass is 413 g/mol. The predicted molar refractivity (Wildman–Crippen MR) is 114 cm³/mol. The summed E-state index contributed by atoms with van der Waals surface area (Å²) in [5.74, 6) is 0.383. The zero-order valence-electron chi connectivity index (χ0n) is 16.7. The number of ether oxygens (including phenoxy) is 1. The second-order valence-electron chi connectivity index (χ2n) is 6.89. The van der Waals surface area contributed by atoms with E-state index >= 15 is 0 Å². The number of nitrogens with zero attached hydrogens (tertiary/aromatic N) is 2. The van der Waals surface area contributed by atoms with Crippen LogP contribution < -0.4 is 10.1 Å². The third-order valence-corrected chi connectivity index (χ3v) is 5.50. The van der Waals surface area contributed by atoms with E-state index in [0.717, 1.165) is 11.3 Å². The van der Waals surface area contributed by atoms with Crippen LogP contribution in [0.2, 0.25) is 0 Å². The zero-order chi connectivity index (χ0) is 20.8. The molecule has 2 aromatic carbocycles. The summed E-state index contributed by atoms with van der Waals surface area (Å²) < 4.78 is 18.7. The molecule has 3 aromatic rings. The van der Waals surface area contributed by atoms with Crippen LogP contribution in [0.1, 0.15) is 17.3 Å². The highest BCUT2D eigenvalue weighted by Gasteiger charge is 2.17. The summed E-state index contributed by atoms with van der Waals surface area (Å²) in [6, 6.07) is 14.1. The molecular formula is C22H24FN3O2S. The lowest BCUT2D eigenvalue weighted by Gasteiger charge is -2.25. The largest absolute Gasteiger partial charge is 0.497 e. The number of carbonyl (C=O) groups excluding carboxylic acids is 1. The van der Waals surface area contributed by atoms with Gasteiger partial charge in [0.05, 0.1) is 25.3 Å². The van der Waals surface area contributed by atoms with Gasteiger partial charge in [-0.2, -0.15) is 0 Å². The zero-order valence-corrected chi connectivity index (χ0v) is 17.5. The van der Waals surface area contributed by atoms with Gasteiger partial charge >= 0.3 is 0 Å². The van der Waals surface area contributed by atoms with E-state index in [-0.39, 0.29) is 24.2 Å². The van der Waals surface area contributed by atoms with Crippen molar-refractivity contribution in [2.75, 3.05) is 27.7 Å². The molecule has 7 heteroatoms. The number of rotatable bonds is 8. The van der Waals surface area contributed by atoms with Crippen molar-refractivity contribution in [1.29, 1.82) is 0 Å². The van der Waals surface area contributed by atoms with Crippen molar-refractivity contribution in [1.82, 2.24) is 15.2 Å². The van der Waals surface area contributed by atoms with Crippen molar-refractivity contribution in [3.8, 4) is 16.3 Å². The third kappa shape index (κ3) is 5.62. The molecule has 0 spiro atoms. The number of aromatic nitrogens is 1. The van der Waals surface area contributed by atoms with Crippen LogP contribution in [-0.2, 0) is 11.2 Å². The Labute approximate surface area is 174 Å². The van der Waals surface area contributed by atoms with E-state index in [1.165, 1.54) is 23.5 Å². The van der Waals surface area contributed by atoms with Gasteiger partial charge in [-0.15, -0.1) is 11.3 Å². The minimum atomic E-state index is -0.302. The molecule has 0 saturated heterocycles. The summed E-state index contributed by atoms with van der Waals surface area (Å²) in [5.41, 5.74) is 2.46. The van der Waals surface area contributed by atoms with Crippen molar-refractivity contribution in [3.63, 3.8) is 0 Å². The molecule has 29 heavy (non-hydrogen) atoms. The number of likely N-dealkylation sites (N-methyl/N-ethyl adjacent to an activating group) is 1. The molecule has 0 fully saturated rings. The lowest BCUT2D eigenvalue weighted by atomic mass is 10.1. The predicted octanol–water partition coefficient (Wildman–Crippen LogP) is 3.92. The highest BCUT2D eigenvalue weighted by Crippen LogP contribution is 2.25. The van der Waals surface area contributed by atoms with Crippen LogP contribution in [0.25, 0.3) is 10.6 Å². The second-order valence-corrected chi connectivity index (χ2v) is 7.75. The lowest BCUT2D eigenvalue weighted by molar-refractivity contribution is -0.120. The number of methoxy groups -OCH3 is 1. The van der Waals surface area contributed by atoms with Crippen LogP contribution in [0.4, 0.5) is 4.39 Å². The Kier molecular flexibility index (Phi) is 6.95. The lowest BCUT2D eigenvalue weighted by Crippen LogP contribution is -2.35. The molecule has 0 aliphatic rings. The molecule has 0 saturated carbocycles. The number of benzene rings is 2. The van der Waals surface area contributed by atoms with E-state index in [4.69, 9.17) is 4.74 Å². The van der Waals surface area contributed by atoms with Gasteiger partial charge in [0.1, 0.15) is 16.6 Å². The van der Waals surface area contributed by atoms with Gasteiger partial charge in [0, 0.05) is 17.5 Å². The first-order chi connectivity index (χ1) is 14.0. The fourth-order valence-electron chi connectivity index (χ4n) is 3.03. The van der Waals surface area contributed by atoms with Crippen LogP contribution in [0, 0.1) is 5.82 Å². The van der Waals surface area contributed by atoms with E-state index < -0.39 is 0 Å². The van der Waals surface area contributed by atoms with Crippen LogP contribution in [-0.4, -0.2) is 43.5 Å². The summed E-state index contributed by atoms with van der Waals surface area (Å²) in [7, 11) is 5.58. The number of hydrogen-bond donors (Lipinski definition) is 1. The van der Waals surface area contributed by atoms with E-state index in [1.807, 2.05) is 49.8 Å². The van der Waals surface area contributed by atoms with Gasteiger partial charge in [-0.05, 0) is 43.9 Å². The number of halogens is 1.